The van der Waals surface area contributed by atoms with Crippen LogP contribution >= 0.6 is 11.6 Å². The second-order valence-electron chi connectivity index (χ2n) is 7.47. The van der Waals surface area contributed by atoms with Gasteiger partial charge in [-0.2, -0.15) is 0 Å². The fraction of sp³-hybridized carbons (Fsp3) is 0.227. The fourth-order valence-electron chi connectivity index (χ4n) is 3.60. The molecular formula is C22H19ClFN3O2. The summed E-state index contributed by atoms with van der Waals surface area (Å²) in [6, 6.07) is 10.8. The molecule has 148 valence electrons. The minimum atomic E-state index is -1.27. The number of amides is 3. The molecule has 7 heteroatoms. The van der Waals surface area contributed by atoms with Crippen molar-refractivity contribution in [2.24, 2.45) is 0 Å². The van der Waals surface area contributed by atoms with Crippen molar-refractivity contribution in [3.8, 4) is 0 Å². The van der Waals surface area contributed by atoms with E-state index in [0.717, 1.165) is 26.9 Å². The van der Waals surface area contributed by atoms with Gasteiger partial charge in [-0.15, -0.1) is 0 Å². The number of benzene rings is 2. The Kier molecular flexibility index (Phi) is 4.54. The van der Waals surface area contributed by atoms with Crippen LogP contribution in [0.1, 0.15) is 29.2 Å². The topological polar surface area (TPSA) is 62.3 Å². The number of pyridine rings is 1. The Hall–Kier alpha value is -2.99. The van der Waals surface area contributed by atoms with Gasteiger partial charge in [-0.05, 0) is 55.7 Å². The summed E-state index contributed by atoms with van der Waals surface area (Å²) in [4.78, 5) is 31.3. The number of hydrogen-bond acceptors (Lipinski definition) is 3. The number of halogens is 2. The van der Waals surface area contributed by atoms with E-state index in [0.29, 0.717) is 11.1 Å². The molecule has 29 heavy (non-hydrogen) atoms. The first kappa shape index (κ1) is 19.3. The number of carbonyl (C=O) groups is 2. The maximum absolute atomic E-state index is 13.3. The average Bonchev–Trinajstić information content (AvgIpc) is 2.90. The van der Waals surface area contributed by atoms with Gasteiger partial charge in [0.25, 0.3) is 5.91 Å². The van der Waals surface area contributed by atoms with Gasteiger partial charge in [0.2, 0.25) is 0 Å². The Labute approximate surface area is 172 Å². The highest BCUT2D eigenvalue weighted by atomic mass is 35.5. The Morgan fingerprint density at radius 1 is 1.14 bits per heavy atom. The first-order chi connectivity index (χ1) is 13.7. The largest absolute Gasteiger partial charge is 0.325 e. The number of nitrogens with one attached hydrogen (secondary N) is 1. The normalized spacial score (nSPS) is 19.1. The van der Waals surface area contributed by atoms with Gasteiger partial charge in [-0.25, -0.2) is 14.2 Å². The SMILES string of the molecule is Cc1ccc2cc(CN3C(=O)NC(C)(c4ccc(F)cc4)C3=O)c(Cl)nc2c1C. The summed E-state index contributed by atoms with van der Waals surface area (Å²) in [6.07, 6.45) is 0. The van der Waals surface area contributed by atoms with Gasteiger partial charge in [0.15, 0.2) is 0 Å². The van der Waals surface area contributed by atoms with Gasteiger partial charge in [-0.3, -0.25) is 9.69 Å². The molecule has 1 aromatic heterocycles. The lowest BCUT2D eigenvalue weighted by molar-refractivity contribution is -0.131. The van der Waals surface area contributed by atoms with Crippen molar-refractivity contribution in [2.75, 3.05) is 0 Å². The molecule has 0 bridgehead atoms. The monoisotopic (exact) mass is 411 g/mol. The van der Waals surface area contributed by atoms with E-state index in [-0.39, 0.29) is 11.7 Å². The van der Waals surface area contributed by atoms with E-state index in [1.54, 1.807) is 6.92 Å². The molecule has 3 aromatic rings. The van der Waals surface area contributed by atoms with Crippen LogP contribution in [0.2, 0.25) is 5.15 Å². The summed E-state index contributed by atoms with van der Waals surface area (Å²) >= 11 is 6.38. The van der Waals surface area contributed by atoms with Crippen molar-refractivity contribution in [3.63, 3.8) is 0 Å². The molecule has 0 radical (unpaired) electrons. The standard InChI is InChI=1S/C22H19ClFN3O2/c1-12-4-5-14-10-15(19(23)25-18(14)13(12)2)11-27-20(28)22(3,26-21(27)29)16-6-8-17(24)9-7-16/h4-10H,11H2,1-3H3,(H,26,29). The van der Waals surface area contributed by atoms with Crippen molar-refractivity contribution in [3.05, 3.63) is 75.7 Å². The van der Waals surface area contributed by atoms with Crippen LogP contribution in [0.15, 0.2) is 42.5 Å². The average molecular weight is 412 g/mol. The van der Waals surface area contributed by atoms with Gasteiger partial charge in [0.05, 0.1) is 12.1 Å². The molecule has 3 amide bonds. The third kappa shape index (κ3) is 3.13. The van der Waals surface area contributed by atoms with E-state index < -0.39 is 23.3 Å². The van der Waals surface area contributed by atoms with Crippen molar-refractivity contribution < 1.29 is 14.0 Å². The molecule has 0 spiro atoms. The van der Waals surface area contributed by atoms with Gasteiger partial charge in [-0.1, -0.05) is 35.9 Å². The molecule has 2 aromatic carbocycles. The molecule has 2 heterocycles. The minimum absolute atomic E-state index is 0.00382. The van der Waals surface area contributed by atoms with Crippen molar-refractivity contribution in [2.45, 2.75) is 32.9 Å². The molecule has 1 N–H and O–H groups in total. The zero-order valence-electron chi connectivity index (χ0n) is 16.2. The third-order valence-corrected chi connectivity index (χ3v) is 5.89. The number of aryl methyl sites for hydroxylation is 2. The van der Waals surface area contributed by atoms with E-state index in [1.165, 1.54) is 24.3 Å². The number of imide groups is 1. The molecule has 1 atom stereocenters. The summed E-state index contributed by atoms with van der Waals surface area (Å²) in [5.41, 5.74) is 2.76. The maximum atomic E-state index is 13.3. The number of rotatable bonds is 3. The van der Waals surface area contributed by atoms with Crippen LogP contribution in [-0.2, 0) is 16.9 Å². The quantitative estimate of drug-likeness (QED) is 0.505. The molecule has 5 nitrogen and oxygen atoms in total. The van der Waals surface area contributed by atoms with Crippen LogP contribution in [0.4, 0.5) is 9.18 Å². The number of carbonyl (C=O) groups excluding carboxylic acids is 2. The summed E-state index contributed by atoms with van der Waals surface area (Å²) in [6.45, 7) is 5.58. The molecule has 1 aliphatic heterocycles. The highest BCUT2D eigenvalue weighted by Gasteiger charge is 2.49. The van der Waals surface area contributed by atoms with Crippen LogP contribution in [0.3, 0.4) is 0 Å². The minimum Gasteiger partial charge on any atom is -0.319 e. The molecule has 1 unspecified atom stereocenters. The zero-order chi connectivity index (χ0) is 20.9. The van der Waals surface area contributed by atoms with Gasteiger partial charge >= 0.3 is 6.03 Å². The van der Waals surface area contributed by atoms with Crippen LogP contribution in [0.25, 0.3) is 10.9 Å². The van der Waals surface area contributed by atoms with Gasteiger partial charge in [0, 0.05) is 10.9 Å². The van der Waals surface area contributed by atoms with E-state index >= 15 is 0 Å². The lowest BCUT2D eigenvalue weighted by atomic mass is 9.92. The number of urea groups is 1. The summed E-state index contributed by atoms with van der Waals surface area (Å²) in [5, 5.41) is 3.85. The predicted molar refractivity (Wildman–Crippen MR) is 109 cm³/mol. The highest BCUT2D eigenvalue weighted by molar-refractivity contribution is 6.30. The summed E-state index contributed by atoms with van der Waals surface area (Å²) in [7, 11) is 0. The zero-order valence-corrected chi connectivity index (χ0v) is 17.0. The Morgan fingerprint density at radius 2 is 1.83 bits per heavy atom. The number of aromatic nitrogens is 1. The van der Waals surface area contributed by atoms with Gasteiger partial charge < -0.3 is 5.32 Å². The number of nitrogens with zero attached hydrogens (tertiary/aromatic N) is 2. The van der Waals surface area contributed by atoms with Crippen LogP contribution in [0.5, 0.6) is 0 Å². The molecule has 1 aliphatic rings. The fourth-order valence-corrected chi connectivity index (χ4v) is 3.80. The molecular weight excluding hydrogens is 393 g/mol. The van der Waals surface area contributed by atoms with Crippen molar-refractivity contribution in [1.29, 1.82) is 0 Å². The predicted octanol–water partition coefficient (Wildman–Crippen LogP) is 4.61. The highest BCUT2D eigenvalue weighted by Crippen LogP contribution is 2.32. The van der Waals surface area contributed by atoms with E-state index in [1.807, 2.05) is 32.0 Å². The van der Waals surface area contributed by atoms with Gasteiger partial charge in [0.1, 0.15) is 16.5 Å². The smallest absolute Gasteiger partial charge is 0.319 e. The van der Waals surface area contributed by atoms with Crippen LogP contribution < -0.4 is 5.32 Å². The molecule has 4 rings (SSSR count). The molecule has 1 saturated heterocycles. The molecule has 0 aliphatic carbocycles. The Balaban J connectivity index is 1.68. The molecule has 0 saturated carbocycles. The molecule has 1 fully saturated rings. The second-order valence-corrected chi connectivity index (χ2v) is 7.83. The first-order valence-electron chi connectivity index (χ1n) is 9.16. The number of fused-ring (bicyclic) bond motifs is 1. The second kappa shape index (κ2) is 6.81. The first-order valence-corrected chi connectivity index (χ1v) is 9.54. The van der Waals surface area contributed by atoms with E-state index in [2.05, 4.69) is 10.3 Å². The third-order valence-electron chi connectivity index (χ3n) is 5.56. The van der Waals surface area contributed by atoms with Crippen LogP contribution in [0, 0.1) is 19.7 Å². The van der Waals surface area contributed by atoms with Crippen molar-refractivity contribution in [1.82, 2.24) is 15.2 Å². The maximum Gasteiger partial charge on any atom is 0.325 e. The lowest BCUT2D eigenvalue weighted by Gasteiger charge is -2.22. The van der Waals surface area contributed by atoms with Crippen LogP contribution in [-0.4, -0.2) is 21.8 Å². The Bertz CT molecular complexity index is 1160. The van der Waals surface area contributed by atoms with Crippen molar-refractivity contribution >= 4 is 34.4 Å². The Morgan fingerprint density at radius 3 is 2.52 bits per heavy atom. The van der Waals surface area contributed by atoms with E-state index in [9.17, 15) is 14.0 Å². The summed E-state index contributed by atoms with van der Waals surface area (Å²) in [5.74, 6) is -0.837. The lowest BCUT2D eigenvalue weighted by Crippen LogP contribution is -2.40. The summed E-state index contributed by atoms with van der Waals surface area (Å²) < 4.78 is 13.3. The van der Waals surface area contributed by atoms with E-state index in [4.69, 9.17) is 11.6 Å². The number of hydrogen-bond donors (Lipinski definition) is 1.